The Morgan fingerprint density at radius 3 is 2.63 bits per heavy atom. The number of halogens is 3. The molecule has 0 aliphatic rings. The summed E-state index contributed by atoms with van der Waals surface area (Å²) in [4.78, 5) is 11.2. The van der Waals surface area contributed by atoms with Gasteiger partial charge in [-0.05, 0) is 13.0 Å². The first kappa shape index (κ1) is 15.3. The van der Waals surface area contributed by atoms with Crippen LogP contribution in [-0.2, 0) is 9.53 Å². The van der Waals surface area contributed by atoms with Gasteiger partial charge in [0.15, 0.2) is 0 Å². The molecule has 0 aliphatic heterocycles. The largest absolute Gasteiger partial charge is 0.496 e. The molecule has 1 rings (SSSR count). The van der Waals surface area contributed by atoms with Crippen molar-refractivity contribution in [2.45, 2.75) is 18.9 Å². The number of hydrogen-bond acceptors (Lipinski definition) is 4. The summed E-state index contributed by atoms with van der Waals surface area (Å²) >= 11 is 0. The predicted octanol–water partition coefficient (Wildman–Crippen LogP) is 2.03. The number of carbonyl (C=O) groups is 1. The topological polar surface area (TPSA) is 61.5 Å². The lowest BCUT2D eigenvalue weighted by molar-refractivity contribution is -0.174. The first-order valence-electron chi connectivity index (χ1n) is 5.48. The summed E-state index contributed by atoms with van der Waals surface area (Å²) in [5.74, 6) is -6.47. The number of carbonyl (C=O) groups excluding carboxylic acids is 1. The van der Waals surface area contributed by atoms with Crippen LogP contribution < -0.4 is 10.5 Å². The van der Waals surface area contributed by atoms with Crippen molar-refractivity contribution in [2.24, 2.45) is 5.73 Å². The molecule has 1 atom stereocenters. The van der Waals surface area contributed by atoms with Crippen LogP contribution in [0.3, 0.4) is 0 Å². The lowest BCUT2D eigenvalue weighted by Gasteiger charge is -2.23. The molecule has 1 aromatic rings. The molecular formula is C12H14F3NO3. The summed E-state index contributed by atoms with van der Waals surface area (Å²) in [6, 6.07) is 0.934. The van der Waals surface area contributed by atoms with Crippen molar-refractivity contribution in [3.8, 4) is 5.75 Å². The smallest absolute Gasteiger partial charge is 0.379 e. The average molecular weight is 277 g/mol. The molecule has 0 saturated carbocycles. The fourth-order valence-corrected chi connectivity index (χ4v) is 1.49. The highest BCUT2D eigenvalue weighted by atomic mass is 19.3. The molecule has 0 saturated heterocycles. The SMILES string of the molecule is CCOC(=O)C(F)(F)[C@@H](N)c1ccc(F)cc1OC. The lowest BCUT2D eigenvalue weighted by Crippen LogP contribution is -2.41. The maximum absolute atomic E-state index is 13.8. The summed E-state index contributed by atoms with van der Waals surface area (Å²) in [5.41, 5.74) is 5.20. The second-order valence-electron chi connectivity index (χ2n) is 3.71. The number of benzene rings is 1. The Labute approximate surface area is 108 Å². The summed E-state index contributed by atoms with van der Waals surface area (Å²) < 4.78 is 49.5. The first-order chi connectivity index (χ1) is 8.84. The highest BCUT2D eigenvalue weighted by Crippen LogP contribution is 2.35. The van der Waals surface area contributed by atoms with Crippen molar-refractivity contribution < 1.29 is 27.4 Å². The van der Waals surface area contributed by atoms with Crippen LogP contribution in [0.4, 0.5) is 13.2 Å². The summed E-state index contributed by atoms with van der Waals surface area (Å²) in [6.07, 6.45) is 0. The molecule has 0 amide bonds. The Morgan fingerprint density at radius 1 is 1.47 bits per heavy atom. The maximum Gasteiger partial charge on any atom is 0.379 e. The van der Waals surface area contributed by atoms with Gasteiger partial charge in [-0.3, -0.25) is 0 Å². The number of methoxy groups -OCH3 is 1. The summed E-state index contributed by atoms with van der Waals surface area (Å²) in [6.45, 7) is 1.21. The van der Waals surface area contributed by atoms with E-state index >= 15 is 0 Å². The maximum atomic E-state index is 13.8. The van der Waals surface area contributed by atoms with Crippen LogP contribution in [-0.4, -0.2) is 25.6 Å². The highest BCUT2D eigenvalue weighted by Gasteiger charge is 2.48. The summed E-state index contributed by atoms with van der Waals surface area (Å²) in [7, 11) is 1.19. The normalized spacial score (nSPS) is 12.9. The van der Waals surface area contributed by atoms with Gasteiger partial charge in [0.25, 0.3) is 0 Å². The third-order valence-electron chi connectivity index (χ3n) is 2.47. The van der Waals surface area contributed by atoms with E-state index in [0.29, 0.717) is 0 Å². The third-order valence-corrected chi connectivity index (χ3v) is 2.47. The van der Waals surface area contributed by atoms with Crippen molar-refractivity contribution in [3.63, 3.8) is 0 Å². The molecule has 1 aromatic carbocycles. The van der Waals surface area contributed by atoms with Crippen LogP contribution >= 0.6 is 0 Å². The molecule has 2 N–H and O–H groups in total. The van der Waals surface area contributed by atoms with E-state index in [-0.39, 0.29) is 17.9 Å². The zero-order valence-electron chi connectivity index (χ0n) is 10.5. The van der Waals surface area contributed by atoms with Gasteiger partial charge in [0.1, 0.15) is 17.6 Å². The van der Waals surface area contributed by atoms with Crippen molar-refractivity contribution in [1.29, 1.82) is 0 Å². The van der Waals surface area contributed by atoms with E-state index in [9.17, 15) is 18.0 Å². The van der Waals surface area contributed by atoms with Gasteiger partial charge >= 0.3 is 11.9 Å². The molecule has 106 valence electrons. The van der Waals surface area contributed by atoms with Gasteiger partial charge in [-0.15, -0.1) is 0 Å². The number of esters is 1. The van der Waals surface area contributed by atoms with Gasteiger partial charge < -0.3 is 15.2 Å². The molecule has 0 aromatic heterocycles. The van der Waals surface area contributed by atoms with Gasteiger partial charge in [-0.1, -0.05) is 6.07 Å². The molecule has 0 spiro atoms. The van der Waals surface area contributed by atoms with Gasteiger partial charge in [0, 0.05) is 11.6 Å². The quantitative estimate of drug-likeness (QED) is 0.836. The molecule has 0 bridgehead atoms. The lowest BCUT2D eigenvalue weighted by atomic mass is 10.0. The molecule has 19 heavy (non-hydrogen) atoms. The Morgan fingerprint density at radius 2 is 2.11 bits per heavy atom. The van der Waals surface area contributed by atoms with Crippen LogP contribution in [0.5, 0.6) is 5.75 Å². The number of ether oxygens (including phenoxy) is 2. The molecular weight excluding hydrogens is 263 g/mol. The molecule has 0 heterocycles. The zero-order valence-corrected chi connectivity index (χ0v) is 10.5. The van der Waals surface area contributed by atoms with Gasteiger partial charge in [-0.2, -0.15) is 8.78 Å². The molecule has 0 aliphatic carbocycles. The second kappa shape index (κ2) is 5.92. The van der Waals surface area contributed by atoms with Crippen molar-refractivity contribution in [1.82, 2.24) is 0 Å². The average Bonchev–Trinajstić information content (AvgIpc) is 2.37. The Balaban J connectivity index is 3.11. The molecule has 0 radical (unpaired) electrons. The minimum Gasteiger partial charge on any atom is -0.496 e. The van der Waals surface area contributed by atoms with Crippen molar-refractivity contribution in [2.75, 3.05) is 13.7 Å². The fraction of sp³-hybridized carbons (Fsp3) is 0.417. The number of nitrogens with two attached hydrogens (primary N) is 1. The van der Waals surface area contributed by atoms with Crippen LogP contribution in [0.2, 0.25) is 0 Å². The van der Waals surface area contributed by atoms with E-state index in [1.165, 1.54) is 14.0 Å². The van der Waals surface area contributed by atoms with Crippen molar-refractivity contribution >= 4 is 5.97 Å². The van der Waals surface area contributed by atoms with Gasteiger partial charge in [0.2, 0.25) is 0 Å². The van der Waals surface area contributed by atoms with E-state index in [1.54, 1.807) is 0 Å². The Bertz CT molecular complexity index is 466. The Hall–Kier alpha value is -1.76. The van der Waals surface area contributed by atoms with E-state index in [1.807, 2.05) is 0 Å². The minimum absolute atomic E-state index is 0.156. The molecule has 0 fully saturated rings. The monoisotopic (exact) mass is 277 g/mol. The van der Waals surface area contributed by atoms with Crippen molar-refractivity contribution in [3.05, 3.63) is 29.6 Å². The molecule has 0 unspecified atom stereocenters. The first-order valence-corrected chi connectivity index (χ1v) is 5.48. The predicted molar refractivity (Wildman–Crippen MR) is 61.5 cm³/mol. The van der Waals surface area contributed by atoms with Gasteiger partial charge in [-0.25, -0.2) is 9.18 Å². The fourth-order valence-electron chi connectivity index (χ4n) is 1.49. The van der Waals surface area contributed by atoms with E-state index in [0.717, 1.165) is 18.2 Å². The standard InChI is InChI=1S/C12H14F3NO3/c1-3-19-11(17)12(14,15)10(16)8-5-4-7(13)6-9(8)18-2/h4-6,10H,3,16H2,1-2H3/t10-/m0/s1. The number of alkyl halides is 2. The van der Waals surface area contributed by atoms with Crippen LogP contribution in [0.1, 0.15) is 18.5 Å². The molecule has 4 nitrogen and oxygen atoms in total. The van der Waals surface area contributed by atoms with E-state index in [2.05, 4.69) is 4.74 Å². The highest BCUT2D eigenvalue weighted by molar-refractivity contribution is 5.79. The number of rotatable bonds is 5. The number of hydrogen-bond donors (Lipinski definition) is 1. The van der Waals surface area contributed by atoms with E-state index in [4.69, 9.17) is 10.5 Å². The van der Waals surface area contributed by atoms with Crippen LogP contribution in [0.15, 0.2) is 18.2 Å². The zero-order chi connectivity index (χ0) is 14.6. The third kappa shape index (κ3) is 3.17. The minimum atomic E-state index is -3.93. The second-order valence-corrected chi connectivity index (χ2v) is 3.71. The van der Waals surface area contributed by atoms with Gasteiger partial charge in [0.05, 0.1) is 13.7 Å². The summed E-state index contributed by atoms with van der Waals surface area (Å²) in [5, 5.41) is 0. The Kier molecular flexibility index (Phi) is 4.77. The van der Waals surface area contributed by atoms with Crippen LogP contribution in [0, 0.1) is 5.82 Å². The molecule has 7 heteroatoms. The van der Waals surface area contributed by atoms with E-state index < -0.39 is 23.8 Å². The van der Waals surface area contributed by atoms with Crippen LogP contribution in [0.25, 0.3) is 0 Å².